The number of nitrogens with two attached hydrogens (primary N) is 1. The number of ether oxygens (including phenoxy) is 1. The summed E-state index contributed by atoms with van der Waals surface area (Å²) >= 11 is 0. The van der Waals surface area contributed by atoms with Crippen LogP contribution in [0.2, 0.25) is 0 Å². The van der Waals surface area contributed by atoms with Crippen LogP contribution in [0.5, 0.6) is 5.88 Å². The molecule has 0 bridgehead atoms. The van der Waals surface area contributed by atoms with E-state index in [2.05, 4.69) is 29.0 Å². The van der Waals surface area contributed by atoms with Gasteiger partial charge in [-0.15, -0.1) is 0 Å². The summed E-state index contributed by atoms with van der Waals surface area (Å²) in [5, 5.41) is 11.4. The van der Waals surface area contributed by atoms with Crippen LogP contribution < -0.4 is 10.5 Å². The molecule has 0 saturated carbocycles. The first kappa shape index (κ1) is 15.2. The van der Waals surface area contributed by atoms with Crippen LogP contribution in [-0.2, 0) is 0 Å². The van der Waals surface area contributed by atoms with Crippen molar-refractivity contribution in [1.82, 2.24) is 9.97 Å². The van der Waals surface area contributed by atoms with E-state index in [1.54, 1.807) is 0 Å². The van der Waals surface area contributed by atoms with Gasteiger partial charge in [-0.2, -0.15) is 0 Å². The Kier molecular flexibility index (Phi) is 6.63. The number of hydrogen-bond donors (Lipinski definition) is 2. The Morgan fingerprint density at radius 3 is 2.74 bits per heavy atom. The predicted molar refractivity (Wildman–Crippen MR) is 73.3 cm³/mol. The summed E-state index contributed by atoms with van der Waals surface area (Å²) in [6.45, 7) is 5.00. The lowest BCUT2D eigenvalue weighted by Crippen LogP contribution is -2.16. The van der Waals surface area contributed by atoms with Gasteiger partial charge >= 0.3 is 0 Å². The van der Waals surface area contributed by atoms with Gasteiger partial charge in [0.05, 0.1) is 19.0 Å². The summed E-state index contributed by atoms with van der Waals surface area (Å²) in [5.74, 6) is 0.948. The third-order valence-electron chi connectivity index (χ3n) is 3.01. The second-order valence-corrected chi connectivity index (χ2v) is 4.45. The molecular weight excluding hydrogens is 244 g/mol. The third-order valence-corrected chi connectivity index (χ3v) is 3.01. The number of unbranched alkanes of at least 4 members (excludes halogenated alkanes) is 1. The molecule has 0 amide bonds. The topological polar surface area (TPSA) is 93.6 Å². The van der Waals surface area contributed by atoms with Gasteiger partial charge < -0.3 is 15.7 Å². The Morgan fingerprint density at radius 1 is 1.42 bits per heavy atom. The zero-order chi connectivity index (χ0) is 14.1. The molecule has 0 fully saturated rings. The molecule has 6 heteroatoms. The molecule has 6 nitrogen and oxygen atoms in total. The molecule has 0 aromatic carbocycles. The second-order valence-electron chi connectivity index (χ2n) is 4.45. The van der Waals surface area contributed by atoms with Crippen molar-refractivity contribution in [3.63, 3.8) is 0 Å². The highest BCUT2D eigenvalue weighted by atomic mass is 16.5. The van der Waals surface area contributed by atoms with Gasteiger partial charge in [-0.05, 0) is 12.3 Å². The van der Waals surface area contributed by atoms with E-state index in [-0.39, 0.29) is 5.84 Å². The van der Waals surface area contributed by atoms with Crippen LogP contribution in [-0.4, -0.2) is 27.6 Å². The number of oxime groups is 1. The molecule has 1 atom stereocenters. The monoisotopic (exact) mass is 266 g/mol. The molecule has 1 aromatic heterocycles. The van der Waals surface area contributed by atoms with E-state index in [1.165, 1.54) is 31.7 Å². The molecule has 0 spiro atoms. The summed E-state index contributed by atoms with van der Waals surface area (Å²) < 4.78 is 5.61. The first-order valence-corrected chi connectivity index (χ1v) is 6.64. The summed E-state index contributed by atoms with van der Waals surface area (Å²) in [7, 11) is 0. The number of nitrogens with zero attached hydrogens (tertiary/aromatic N) is 3. The Morgan fingerprint density at radius 2 is 2.21 bits per heavy atom. The summed E-state index contributed by atoms with van der Waals surface area (Å²) in [6, 6.07) is 0. The minimum Gasteiger partial charge on any atom is -0.476 e. The molecule has 106 valence electrons. The van der Waals surface area contributed by atoms with Crippen LogP contribution in [0.4, 0.5) is 0 Å². The van der Waals surface area contributed by atoms with Crippen LogP contribution in [0.15, 0.2) is 17.5 Å². The summed E-state index contributed by atoms with van der Waals surface area (Å²) in [4.78, 5) is 8.09. The van der Waals surface area contributed by atoms with E-state index in [9.17, 15) is 0 Å². The number of aromatic nitrogens is 2. The van der Waals surface area contributed by atoms with Gasteiger partial charge in [0.25, 0.3) is 0 Å². The molecule has 0 aliphatic carbocycles. The standard InChI is InChI=1S/C13H22N4O2/c1-3-5-6-10(4-2)9-19-12-8-15-11(7-16-12)13(14)17-18/h7-8,10,18H,3-6,9H2,1-2H3,(H2,14,17). The highest BCUT2D eigenvalue weighted by Crippen LogP contribution is 2.14. The quantitative estimate of drug-likeness (QED) is 0.325. The second kappa shape index (κ2) is 8.29. The SMILES string of the molecule is CCCCC(CC)COc1cnc(C(N)=NO)cn1. The van der Waals surface area contributed by atoms with Gasteiger partial charge in [0.2, 0.25) is 5.88 Å². The van der Waals surface area contributed by atoms with Crippen molar-refractivity contribution in [2.45, 2.75) is 39.5 Å². The average molecular weight is 266 g/mol. The van der Waals surface area contributed by atoms with Crippen molar-refractivity contribution in [3.05, 3.63) is 18.1 Å². The highest BCUT2D eigenvalue weighted by molar-refractivity contribution is 5.94. The molecule has 1 unspecified atom stereocenters. The number of hydrogen-bond acceptors (Lipinski definition) is 5. The zero-order valence-electron chi connectivity index (χ0n) is 11.5. The van der Waals surface area contributed by atoms with Gasteiger partial charge in [-0.1, -0.05) is 38.3 Å². The number of rotatable bonds is 8. The molecule has 1 heterocycles. The lowest BCUT2D eigenvalue weighted by Gasteiger charge is -2.14. The first-order valence-electron chi connectivity index (χ1n) is 6.64. The van der Waals surface area contributed by atoms with E-state index in [1.807, 2.05) is 0 Å². The minimum absolute atomic E-state index is 0.0616. The molecule has 0 aliphatic rings. The fourth-order valence-corrected chi connectivity index (χ4v) is 1.68. The molecule has 1 aromatic rings. The summed E-state index contributed by atoms with van der Waals surface area (Å²) in [6.07, 6.45) is 7.59. The molecule has 19 heavy (non-hydrogen) atoms. The smallest absolute Gasteiger partial charge is 0.232 e. The zero-order valence-corrected chi connectivity index (χ0v) is 11.5. The van der Waals surface area contributed by atoms with Gasteiger partial charge in [-0.25, -0.2) is 9.97 Å². The Hall–Kier alpha value is -1.85. The maximum atomic E-state index is 8.51. The van der Waals surface area contributed by atoms with E-state index in [0.29, 0.717) is 24.1 Å². The maximum absolute atomic E-state index is 8.51. The molecule has 0 saturated heterocycles. The first-order chi connectivity index (χ1) is 9.21. The Bertz CT molecular complexity index is 392. The predicted octanol–water partition coefficient (Wildman–Crippen LogP) is 2.17. The Labute approximate surface area is 113 Å². The maximum Gasteiger partial charge on any atom is 0.232 e. The van der Waals surface area contributed by atoms with E-state index >= 15 is 0 Å². The van der Waals surface area contributed by atoms with Crippen molar-refractivity contribution in [1.29, 1.82) is 0 Å². The van der Waals surface area contributed by atoms with Gasteiger partial charge in [0, 0.05) is 0 Å². The molecule has 1 rings (SSSR count). The van der Waals surface area contributed by atoms with Crippen LogP contribution in [0, 0.1) is 5.92 Å². The van der Waals surface area contributed by atoms with Crippen molar-refractivity contribution in [2.24, 2.45) is 16.8 Å². The van der Waals surface area contributed by atoms with Crippen LogP contribution in [0.25, 0.3) is 0 Å². The largest absolute Gasteiger partial charge is 0.476 e. The van der Waals surface area contributed by atoms with Crippen molar-refractivity contribution in [3.8, 4) is 5.88 Å². The average Bonchev–Trinajstić information content (AvgIpc) is 2.47. The van der Waals surface area contributed by atoms with Crippen LogP contribution in [0.1, 0.15) is 45.2 Å². The fourth-order valence-electron chi connectivity index (χ4n) is 1.68. The van der Waals surface area contributed by atoms with Gasteiger partial charge in [-0.3, -0.25) is 0 Å². The van der Waals surface area contributed by atoms with Crippen molar-refractivity contribution < 1.29 is 9.94 Å². The van der Waals surface area contributed by atoms with Crippen LogP contribution in [0.3, 0.4) is 0 Å². The minimum atomic E-state index is -0.0616. The van der Waals surface area contributed by atoms with Gasteiger partial charge in [0.1, 0.15) is 5.69 Å². The van der Waals surface area contributed by atoms with E-state index in [0.717, 1.165) is 6.42 Å². The fraction of sp³-hybridized carbons (Fsp3) is 0.615. The van der Waals surface area contributed by atoms with Crippen molar-refractivity contribution in [2.75, 3.05) is 6.61 Å². The van der Waals surface area contributed by atoms with Crippen molar-refractivity contribution >= 4 is 5.84 Å². The number of amidine groups is 1. The highest BCUT2D eigenvalue weighted by Gasteiger charge is 2.08. The van der Waals surface area contributed by atoms with Crippen LogP contribution >= 0.6 is 0 Å². The van der Waals surface area contributed by atoms with E-state index in [4.69, 9.17) is 15.7 Å². The molecular formula is C13H22N4O2. The third kappa shape index (κ3) is 5.11. The summed E-state index contributed by atoms with van der Waals surface area (Å²) in [5.41, 5.74) is 5.73. The van der Waals surface area contributed by atoms with E-state index < -0.39 is 0 Å². The molecule has 0 aliphatic heterocycles. The lowest BCUT2D eigenvalue weighted by molar-refractivity contribution is 0.225. The molecule has 0 radical (unpaired) electrons. The molecule has 3 N–H and O–H groups in total. The Balaban J connectivity index is 2.49. The van der Waals surface area contributed by atoms with Gasteiger partial charge in [0.15, 0.2) is 5.84 Å². The lowest BCUT2D eigenvalue weighted by atomic mass is 10.0. The normalized spacial score (nSPS) is 13.3.